The maximum absolute atomic E-state index is 13.5. The number of hydrogen-bond acceptors (Lipinski definition) is 6. The molecule has 0 aliphatic carbocycles. The minimum absolute atomic E-state index is 0.131. The Labute approximate surface area is 254 Å². The molecule has 6 rings (SSSR count). The highest BCUT2D eigenvalue weighted by Gasteiger charge is 2.32. The molecule has 0 bridgehead atoms. The summed E-state index contributed by atoms with van der Waals surface area (Å²) in [5, 5.41) is 10.3. The predicted octanol–water partition coefficient (Wildman–Crippen LogP) is 6.45. The Hall–Kier alpha value is -3.92. The summed E-state index contributed by atoms with van der Waals surface area (Å²) >= 11 is 6.89. The van der Waals surface area contributed by atoms with E-state index >= 15 is 0 Å². The first kappa shape index (κ1) is 28.2. The van der Waals surface area contributed by atoms with Crippen LogP contribution >= 0.6 is 24.0 Å². The SMILES string of the molecule is O=C(O)c1ccc(CCN2C(=O)/C(=C/c3cc(-c4ccc5cc[nH]c5c4)ccc3OCCN3CCCC3)SC2=S)cc1. The smallest absolute Gasteiger partial charge is 0.335 e. The normalized spacial score (nSPS) is 16.7. The van der Waals surface area contributed by atoms with E-state index in [0.717, 1.165) is 58.5 Å². The number of carbonyl (C=O) groups excluding carboxylic acids is 1. The average Bonchev–Trinajstić information content (AvgIpc) is 3.74. The number of ether oxygens (including phenoxy) is 1. The van der Waals surface area contributed by atoms with Gasteiger partial charge in [-0.25, -0.2) is 4.79 Å². The molecule has 3 heterocycles. The zero-order valence-electron chi connectivity index (χ0n) is 23.0. The van der Waals surface area contributed by atoms with Gasteiger partial charge >= 0.3 is 5.97 Å². The van der Waals surface area contributed by atoms with Crippen LogP contribution in [-0.4, -0.2) is 68.9 Å². The fourth-order valence-electron chi connectivity index (χ4n) is 5.38. The van der Waals surface area contributed by atoms with Crippen molar-refractivity contribution >= 4 is 57.2 Å². The highest BCUT2D eigenvalue weighted by Crippen LogP contribution is 2.36. The molecule has 0 saturated carbocycles. The van der Waals surface area contributed by atoms with Crippen LogP contribution in [0.2, 0.25) is 0 Å². The summed E-state index contributed by atoms with van der Waals surface area (Å²) in [7, 11) is 0. The monoisotopic (exact) mass is 597 g/mol. The van der Waals surface area contributed by atoms with Crippen LogP contribution < -0.4 is 4.74 Å². The number of thioether (sulfide) groups is 1. The Morgan fingerprint density at radius 2 is 1.76 bits per heavy atom. The Balaban J connectivity index is 1.23. The lowest BCUT2D eigenvalue weighted by molar-refractivity contribution is -0.122. The number of aromatic amines is 1. The summed E-state index contributed by atoms with van der Waals surface area (Å²) < 4.78 is 6.79. The van der Waals surface area contributed by atoms with Crippen LogP contribution in [0.25, 0.3) is 28.1 Å². The van der Waals surface area contributed by atoms with E-state index in [1.807, 2.05) is 18.3 Å². The highest BCUT2D eigenvalue weighted by atomic mass is 32.2. The third-order valence-corrected chi connectivity index (χ3v) is 9.12. The number of H-pyrrole nitrogens is 1. The van der Waals surface area contributed by atoms with Crippen molar-refractivity contribution < 1.29 is 19.4 Å². The minimum Gasteiger partial charge on any atom is -0.492 e. The third-order valence-electron chi connectivity index (χ3n) is 7.75. The number of carboxylic acid groups (broad SMARTS) is 1. The molecule has 0 unspecified atom stereocenters. The van der Waals surface area contributed by atoms with Crippen LogP contribution in [-0.2, 0) is 11.2 Å². The Kier molecular flexibility index (Phi) is 8.41. The van der Waals surface area contributed by atoms with Crippen LogP contribution in [0.4, 0.5) is 0 Å². The molecule has 214 valence electrons. The summed E-state index contributed by atoms with van der Waals surface area (Å²) in [5.74, 6) is -0.354. The average molecular weight is 598 g/mol. The van der Waals surface area contributed by atoms with Crippen molar-refractivity contribution in [1.82, 2.24) is 14.8 Å². The van der Waals surface area contributed by atoms with Gasteiger partial charge in [0.1, 0.15) is 16.7 Å². The number of carbonyl (C=O) groups is 2. The number of fused-ring (bicyclic) bond motifs is 1. The minimum atomic E-state index is -0.961. The molecule has 2 saturated heterocycles. The number of aromatic carboxylic acids is 1. The summed E-state index contributed by atoms with van der Waals surface area (Å²) in [6.45, 7) is 4.10. The fraction of sp³-hybridized carbons (Fsp3) is 0.242. The van der Waals surface area contributed by atoms with Crippen molar-refractivity contribution in [1.29, 1.82) is 0 Å². The topological polar surface area (TPSA) is 85.9 Å². The maximum atomic E-state index is 13.5. The molecule has 4 aromatic rings. The van der Waals surface area contributed by atoms with Gasteiger partial charge in [-0.2, -0.15) is 0 Å². The lowest BCUT2D eigenvalue weighted by atomic mass is 10.0. The van der Waals surface area contributed by atoms with E-state index in [1.54, 1.807) is 29.2 Å². The lowest BCUT2D eigenvalue weighted by Crippen LogP contribution is -2.30. The van der Waals surface area contributed by atoms with E-state index in [2.05, 4.69) is 46.3 Å². The molecule has 0 atom stereocenters. The van der Waals surface area contributed by atoms with E-state index in [9.17, 15) is 9.59 Å². The molecular weight excluding hydrogens is 567 g/mol. The van der Waals surface area contributed by atoms with Crippen LogP contribution in [0.3, 0.4) is 0 Å². The first-order valence-corrected chi connectivity index (χ1v) is 15.3. The number of nitrogens with zero attached hydrogens (tertiary/aromatic N) is 2. The Bertz CT molecular complexity index is 1670. The van der Waals surface area contributed by atoms with Gasteiger partial charge in [-0.1, -0.05) is 54.3 Å². The molecule has 0 spiro atoms. The predicted molar refractivity (Wildman–Crippen MR) is 172 cm³/mol. The molecule has 2 aliphatic rings. The quantitative estimate of drug-likeness (QED) is 0.161. The van der Waals surface area contributed by atoms with Gasteiger partial charge in [0.05, 0.1) is 10.5 Å². The zero-order valence-corrected chi connectivity index (χ0v) is 24.7. The zero-order chi connectivity index (χ0) is 29.1. The summed E-state index contributed by atoms with van der Waals surface area (Å²) in [5.41, 5.74) is 5.19. The van der Waals surface area contributed by atoms with Gasteiger partial charge in [0.2, 0.25) is 0 Å². The van der Waals surface area contributed by atoms with Crippen molar-refractivity contribution in [3.8, 4) is 16.9 Å². The maximum Gasteiger partial charge on any atom is 0.335 e. The van der Waals surface area contributed by atoms with Crippen LogP contribution in [0.1, 0.15) is 34.3 Å². The number of thiocarbonyl (C=S) groups is 1. The number of benzene rings is 3. The van der Waals surface area contributed by atoms with E-state index in [0.29, 0.717) is 28.8 Å². The molecule has 42 heavy (non-hydrogen) atoms. The lowest BCUT2D eigenvalue weighted by Gasteiger charge is -2.17. The number of likely N-dealkylation sites (tertiary alicyclic amines) is 1. The van der Waals surface area contributed by atoms with E-state index in [1.165, 1.54) is 24.6 Å². The van der Waals surface area contributed by atoms with Crippen molar-refractivity contribution in [2.24, 2.45) is 0 Å². The second kappa shape index (κ2) is 12.5. The van der Waals surface area contributed by atoms with Gasteiger partial charge in [0.15, 0.2) is 0 Å². The third kappa shape index (κ3) is 6.28. The van der Waals surface area contributed by atoms with Crippen LogP contribution in [0.15, 0.2) is 77.8 Å². The van der Waals surface area contributed by atoms with Crippen molar-refractivity contribution in [3.63, 3.8) is 0 Å². The van der Waals surface area contributed by atoms with Crippen LogP contribution in [0, 0.1) is 0 Å². The molecule has 1 amide bonds. The number of hydrogen-bond donors (Lipinski definition) is 2. The second-order valence-corrected chi connectivity index (χ2v) is 12.2. The number of carboxylic acids is 1. The summed E-state index contributed by atoms with van der Waals surface area (Å²) in [6.07, 6.45) is 6.87. The molecule has 0 radical (unpaired) electrons. The molecule has 2 fully saturated rings. The molecule has 9 heteroatoms. The van der Waals surface area contributed by atoms with Gasteiger partial charge in [0.25, 0.3) is 5.91 Å². The van der Waals surface area contributed by atoms with Gasteiger partial charge in [-0.05, 0) is 96.9 Å². The second-order valence-electron chi connectivity index (χ2n) is 10.5. The van der Waals surface area contributed by atoms with Crippen molar-refractivity contribution in [2.45, 2.75) is 19.3 Å². The van der Waals surface area contributed by atoms with Gasteiger partial charge in [0, 0.05) is 30.4 Å². The first-order chi connectivity index (χ1) is 20.4. The van der Waals surface area contributed by atoms with Crippen molar-refractivity contribution in [2.75, 3.05) is 32.8 Å². The number of aromatic nitrogens is 1. The summed E-state index contributed by atoms with van der Waals surface area (Å²) in [6, 6.07) is 21.2. The first-order valence-electron chi connectivity index (χ1n) is 14.1. The van der Waals surface area contributed by atoms with E-state index in [-0.39, 0.29) is 11.5 Å². The van der Waals surface area contributed by atoms with Crippen LogP contribution in [0.5, 0.6) is 5.75 Å². The van der Waals surface area contributed by atoms with Gasteiger partial charge in [-0.3, -0.25) is 14.6 Å². The standard InChI is InChI=1S/C33H31N3O4S2/c37-31-30(42-33(41)36(31)16-12-22-3-5-24(6-4-22)32(38)39)21-27-19-25(26-8-7-23-11-13-34-28(23)20-26)9-10-29(27)40-18-17-35-14-1-2-15-35/h3-11,13,19-21,34H,1-2,12,14-18H2,(H,38,39)/b30-21-. The van der Waals surface area contributed by atoms with Gasteiger partial charge in [-0.15, -0.1) is 0 Å². The molecule has 7 nitrogen and oxygen atoms in total. The molecule has 3 aromatic carbocycles. The fourth-order valence-corrected chi connectivity index (χ4v) is 6.68. The van der Waals surface area contributed by atoms with Gasteiger partial charge < -0.3 is 14.8 Å². The number of nitrogens with one attached hydrogen (secondary N) is 1. The van der Waals surface area contributed by atoms with E-state index < -0.39 is 5.97 Å². The highest BCUT2D eigenvalue weighted by molar-refractivity contribution is 8.26. The Morgan fingerprint density at radius 1 is 1.00 bits per heavy atom. The molecule has 2 N–H and O–H groups in total. The molecule has 2 aliphatic heterocycles. The Morgan fingerprint density at radius 3 is 2.55 bits per heavy atom. The molecule has 1 aromatic heterocycles. The summed E-state index contributed by atoms with van der Waals surface area (Å²) in [4.78, 5) is 32.5. The van der Waals surface area contributed by atoms with E-state index in [4.69, 9.17) is 22.1 Å². The number of rotatable bonds is 10. The molecular formula is C33H31N3O4S2. The largest absolute Gasteiger partial charge is 0.492 e. The van der Waals surface area contributed by atoms with Crippen molar-refractivity contribution in [3.05, 3.63) is 94.5 Å². The number of amides is 1.